The molecule has 202 valence electrons. The molecule has 37 heavy (non-hydrogen) atoms. The first-order chi connectivity index (χ1) is 17.3. The third kappa shape index (κ3) is 10.0. The first-order valence-electron chi connectivity index (χ1n) is 12.1. The number of rotatable bonds is 10. The molecule has 2 aromatic carbocycles. The number of carbonyl (C=O) groups is 2. The van der Waals surface area contributed by atoms with Gasteiger partial charge in [0.25, 0.3) is 0 Å². The Kier molecular flexibility index (Phi) is 9.15. The average molecular weight is 528 g/mol. The van der Waals surface area contributed by atoms with Crippen LogP contribution >= 0.6 is 0 Å². The average Bonchev–Trinajstić information content (AvgIpc) is 2.75. The quantitative estimate of drug-likeness (QED) is 0.335. The molecule has 0 saturated heterocycles. The Labute approximate surface area is 212 Å². The van der Waals surface area contributed by atoms with Crippen molar-refractivity contribution in [2.24, 2.45) is 11.8 Å². The van der Waals surface area contributed by atoms with E-state index in [4.69, 9.17) is 0 Å². The number of alkyl halides is 5. The van der Waals surface area contributed by atoms with Crippen LogP contribution in [0.5, 0.6) is 11.5 Å². The van der Waals surface area contributed by atoms with Gasteiger partial charge in [-0.2, -0.15) is 8.78 Å². The molecular weight excluding hydrogens is 497 g/mol. The molecule has 0 radical (unpaired) electrons. The van der Waals surface area contributed by atoms with Gasteiger partial charge in [0.15, 0.2) is 5.75 Å². The van der Waals surface area contributed by atoms with E-state index in [9.17, 15) is 31.5 Å². The molecule has 1 fully saturated rings. The molecule has 2 aromatic rings. The van der Waals surface area contributed by atoms with Crippen molar-refractivity contribution in [3.63, 3.8) is 0 Å². The summed E-state index contributed by atoms with van der Waals surface area (Å²) in [6.45, 7) is 1.86. The summed E-state index contributed by atoms with van der Waals surface area (Å²) in [4.78, 5) is 24.0. The van der Waals surface area contributed by atoms with E-state index in [0.717, 1.165) is 31.2 Å². The number of hydrogen-bond donors (Lipinski definition) is 1. The van der Waals surface area contributed by atoms with Gasteiger partial charge in [-0.15, -0.1) is 13.2 Å². The van der Waals surface area contributed by atoms with Crippen LogP contribution in [0.4, 0.5) is 27.6 Å². The minimum Gasteiger partial charge on any atom is -0.433 e. The minimum atomic E-state index is -4.87. The SMILES string of the molecule is CC(=O)Nc1cc(CC2CCC(CC(=O)Cc3cccc(OC(C)(F)F)c3)CC2)ccc1OC(F)(F)F. The molecule has 1 saturated carbocycles. The number of ether oxygens (including phenoxy) is 2. The molecule has 1 amide bonds. The molecule has 3 rings (SSSR count). The number of hydrogen-bond acceptors (Lipinski definition) is 4. The van der Waals surface area contributed by atoms with Gasteiger partial charge in [-0.3, -0.25) is 9.59 Å². The van der Waals surface area contributed by atoms with Crippen LogP contribution in [-0.4, -0.2) is 24.2 Å². The van der Waals surface area contributed by atoms with Crippen molar-refractivity contribution in [2.45, 2.75) is 71.3 Å². The van der Waals surface area contributed by atoms with Gasteiger partial charge >= 0.3 is 12.5 Å². The molecule has 1 aliphatic rings. The maximum Gasteiger partial charge on any atom is 0.573 e. The molecule has 0 unspecified atom stereocenters. The monoisotopic (exact) mass is 527 g/mol. The number of nitrogens with one attached hydrogen (secondary N) is 1. The smallest absolute Gasteiger partial charge is 0.433 e. The molecule has 0 heterocycles. The Morgan fingerprint density at radius 1 is 0.919 bits per heavy atom. The van der Waals surface area contributed by atoms with Crippen LogP contribution in [0.25, 0.3) is 0 Å². The Hall–Kier alpha value is -3.17. The Morgan fingerprint density at radius 3 is 2.22 bits per heavy atom. The van der Waals surface area contributed by atoms with E-state index < -0.39 is 24.1 Å². The molecule has 0 aromatic heterocycles. The summed E-state index contributed by atoms with van der Waals surface area (Å²) in [7, 11) is 0. The van der Waals surface area contributed by atoms with Crippen LogP contribution in [0.3, 0.4) is 0 Å². The van der Waals surface area contributed by atoms with Gasteiger partial charge in [-0.25, -0.2) is 0 Å². The normalized spacial score (nSPS) is 18.2. The van der Waals surface area contributed by atoms with Gasteiger partial charge in [0, 0.05) is 26.7 Å². The van der Waals surface area contributed by atoms with Crippen molar-refractivity contribution in [3.05, 3.63) is 53.6 Å². The van der Waals surface area contributed by atoms with Gasteiger partial charge in [0.05, 0.1) is 5.69 Å². The molecular formula is C27H30F5NO4. The van der Waals surface area contributed by atoms with Crippen LogP contribution < -0.4 is 14.8 Å². The highest BCUT2D eigenvalue weighted by molar-refractivity contribution is 5.90. The number of anilines is 1. The number of ketones is 1. The summed E-state index contributed by atoms with van der Waals surface area (Å²) >= 11 is 0. The summed E-state index contributed by atoms with van der Waals surface area (Å²) in [5.74, 6) is -0.399. The molecule has 1 aliphatic carbocycles. The van der Waals surface area contributed by atoms with Gasteiger partial charge in [0.2, 0.25) is 5.91 Å². The zero-order valence-corrected chi connectivity index (χ0v) is 20.7. The topological polar surface area (TPSA) is 64.6 Å². The zero-order valence-electron chi connectivity index (χ0n) is 20.7. The van der Waals surface area contributed by atoms with E-state index in [-0.39, 0.29) is 29.6 Å². The highest BCUT2D eigenvalue weighted by Crippen LogP contribution is 2.36. The fraction of sp³-hybridized carbons (Fsp3) is 0.481. The fourth-order valence-corrected chi connectivity index (χ4v) is 4.73. The predicted molar refractivity (Wildman–Crippen MR) is 128 cm³/mol. The van der Waals surface area contributed by atoms with E-state index in [2.05, 4.69) is 14.8 Å². The summed E-state index contributed by atoms with van der Waals surface area (Å²) < 4.78 is 72.7. The first kappa shape index (κ1) is 28.4. The van der Waals surface area contributed by atoms with Gasteiger partial charge < -0.3 is 14.8 Å². The number of halogens is 5. The highest BCUT2D eigenvalue weighted by Gasteiger charge is 2.32. The summed E-state index contributed by atoms with van der Waals surface area (Å²) in [6, 6.07) is 10.4. The lowest BCUT2D eigenvalue weighted by Crippen LogP contribution is -2.20. The lowest BCUT2D eigenvalue weighted by Gasteiger charge is -2.28. The number of carbonyl (C=O) groups excluding carboxylic acids is 2. The second-order valence-corrected chi connectivity index (χ2v) is 9.63. The van der Waals surface area contributed by atoms with Gasteiger partial charge in [-0.05, 0) is 79.3 Å². The van der Waals surface area contributed by atoms with Crippen molar-refractivity contribution in [2.75, 3.05) is 5.32 Å². The van der Waals surface area contributed by atoms with Crippen LogP contribution in [0.2, 0.25) is 0 Å². The van der Waals surface area contributed by atoms with Crippen molar-refractivity contribution >= 4 is 17.4 Å². The lowest BCUT2D eigenvalue weighted by molar-refractivity contribution is -0.274. The standard InChI is InChI=1S/C27H30F5NO4/c1-17(34)33-24-16-21(10-11-25(24)37-27(30,31)32)12-18-6-8-19(9-7-18)13-22(35)14-20-4-3-5-23(15-20)36-26(2,28)29/h3-5,10-11,15-16,18-19H,6-9,12-14H2,1-2H3,(H,33,34). The van der Waals surface area contributed by atoms with E-state index >= 15 is 0 Å². The Morgan fingerprint density at radius 2 is 1.59 bits per heavy atom. The highest BCUT2D eigenvalue weighted by atomic mass is 19.4. The van der Waals surface area contributed by atoms with Crippen LogP contribution in [0.15, 0.2) is 42.5 Å². The minimum absolute atomic E-state index is 0.0120. The van der Waals surface area contributed by atoms with Crippen LogP contribution in [-0.2, 0) is 22.4 Å². The number of benzene rings is 2. The van der Waals surface area contributed by atoms with Crippen molar-refractivity contribution < 1.29 is 41.0 Å². The molecule has 10 heteroatoms. The molecule has 1 N–H and O–H groups in total. The Balaban J connectivity index is 1.51. The van der Waals surface area contributed by atoms with E-state index in [1.807, 2.05) is 0 Å². The zero-order chi connectivity index (χ0) is 27.2. The molecule has 0 bridgehead atoms. The van der Waals surface area contributed by atoms with Crippen LogP contribution in [0, 0.1) is 11.8 Å². The van der Waals surface area contributed by atoms with Crippen molar-refractivity contribution in [1.82, 2.24) is 0 Å². The molecule has 5 nitrogen and oxygen atoms in total. The predicted octanol–water partition coefficient (Wildman–Crippen LogP) is 7.09. The summed E-state index contributed by atoms with van der Waals surface area (Å²) in [5.41, 5.74) is 1.38. The molecule has 0 aliphatic heterocycles. The summed E-state index contributed by atoms with van der Waals surface area (Å²) in [6.07, 6.45) is -3.58. The number of amides is 1. The summed E-state index contributed by atoms with van der Waals surface area (Å²) in [5, 5.41) is 2.39. The van der Waals surface area contributed by atoms with Crippen molar-refractivity contribution in [1.29, 1.82) is 0 Å². The second kappa shape index (κ2) is 11.9. The lowest BCUT2D eigenvalue weighted by atomic mass is 9.77. The van der Waals surface area contributed by atoms with Gasteiger partial charge in [0.1, 0.15) is 11.5 Å². The third-order valence-electron chi connectivity index (χ3n) is 6.18. The molecule has 0 atom stereocenters. The number of Topliss-reactive ketones (excluding diaryl/α,β-unsaturated/α-hetero) is 1. The van der Waals surface area contributed by atoms with Gasteiger partial charge in [-0.1, -0.05) is 18.2 Å². The van der Waals surface area contributed by atoms with Crippen molar-refractivity contribution in [3.8, 4) is 11.5 Å². The van der Waals surface area contributed by atoms with E-state index in [0.29, 0.717) is 31.2 Å². The second-order valence-electron chi connectivity index (χ2n) is 9.63. The van der Waals surface area contributed by atoms with Crippen LogP contribution in [0.1, 0.15) is 57.1 Å². The maximum atomic E-state index is 13.1. The largest absolute Gasteiger partial charge is 0.573 e. The Bertz CT molecular complexity index is 1090. The third-order valence-corrected chi connectivity index (χ3v) is 6.18. The maximum absolute atomic E-state index is 13.1. The molecule has 0 spiro atoms. The van der Waals surface area contributed by atoms with E-state index in [1.54, 1.807) is 18.2 Å². The first-order valence-corrected chi connectivity index (χ1v) is 12.1. The van der Waals surface area contributed by atoms with E-state index in [1.165, 1.54) is 31.2 Å². The fourth-order valence-electron chi connectivity index (χ4n) is 4.73.